The van der Waals surface area contributed by atoms with E-state index in [4.69, 9.17) is 20.3 Å². The van der Waals surface area contributed by atoms with Gasteiger partial charge in [0, 0.05) is 56.4 Å². The molecule has 5 heterocycles. The first-order valence-corrected chi connectivity index (χ1v) is 18.1. The molecule has 2 N–H and O–H groups in total. The number of likely N-dealkylation sites (tertiary alicyclic amines) is 1. The molecule has 3 aliphatic rings. The van der Waals surface area contributed by atoms with Crippen LogP contribution in [0.15, 0.2) is 66.5 Å². The van der Waals surface area contributed by atoms with Gasteiger partial charge in [-0.05, 0) is 62.4 Å². The molecule has 2 atom stereocenters. The molecule has 0 saturated carbocycles. The van der Waals surface area contributed by atoms with Crippen molar-refractivity contribution in [1.29, 1.82) is 5.26 Å². The molecule has 13 heteroatoms. The molecule has 3 aliphatic heterocycles. The van der Waals surface area contributed by atoms with Gasteiger partial charge in [-0.3, -0.25) is 14.6 Å². The van der Waals surface area contributed by atoms with Gasteiger partial charge in [-0.25, -0.2) is 19.0 Å². The van der Waals surface area contributed by atoms with Crippen LogP contribution in [0.5, 0.6) is 11.5 Å². The number of rotatable bonds is 10. The van der Waals surface area contributed by atoms with Gasteiger partial charge in [0.05, 0.1) is 30.7 Å². The van der Waals surface area contributed by atoms with Crippen LogP contribution >= 0.6 is 0 Å². The van der Waals surface area contributed by atoms with Crippen LogP contribution in [0.3, 0.4) is 0 Å². The standard InChI is InChI=1S/C39H46FN9O3/c1-26(2)19-39(3,48-16-14-46(15-17-48)29-23-51-24-29)20-27(21-41)38(50)47-13-7-8-28(22-47)49-37-34(36(42)43-25-44-37)35(45-49)32-12-11-31(18-33(32)40)52-30-9-5-4-6-10-30/h4-6,9-12,18,20,25-26,28-29H,7-8,13-17,19,22-24H2,1-3H3,(H2,42,43,44)/b27-20+/t28-,39?/m1/s1. The Hall–Kier alpha value is -4.90. The number of ether oxygens (including phenoxy) is 2. The van der Waals surface area contributed by atoms with Gasteiger partial charge in [0.1, 0.15) is 46.8 Å². The van der Waals surface area contributed by atoms with Gasteiger partial charge in [-0.1, -0.05) is 32.0 Å². The number of amides is 1. The van der Waals surface area contributed by atoms with Crippen LogP contribution in [0.25, 0.3) is 22.3 Å². The summed E-state index contributed by atoms with van der Waals surface area (Å²) in [5, 5.41) is 15.7. The van der Waals surface area contributed by atoms with Crippen molar-refractivity contribution in [2.24, 2.45) is 5.92 Å². The monoisotopic (exact) mass is 707 g/mol. The number of benzene rings is 2. The van der Waals surface area contributed by atoms with E-state index >= 15 is 4.39 Å². The second-order valence-corrected chi connectivity index (χ2v) is 14.7. The summed E-state index contributed by atoms with van der Waals surface area (Å²) in [6, 6.07) is 16.2. The summed E-state index contributed by atoms with van der Waals surface area (Å²) in [7, 11) is 0. The number of carbonyl (C=O) groups is 1. The highest BCUT2D eigenvalue weighted by Crippen LogP contribution is 2.37. The summed E-state index contributed by atoms with van der Waals surface area (Å²) < 4.78 is 28.7. The van der Waals surface area contributed by atoms with Gasteiger partial charge >= 0.3 is 0 Å². The van der Waals surface area contributed by atoms with E-state index in [1.807, 2.05) is 24.3 Å². The maximum Gasteiger partial charge on any atom is 0.264 e. The van der Waals surface area contributed by atoms with E-state index in [1.165, 1.54) is 12.4 Å². The van der Waals surface area contributed by atoms with E-state index in [2.05, 4.69) is 46.6 Å². The number of nitrogen functional groups attached to an aromatic ring is 1. The Morgan fingerprint density at radius 1 is 1.10 bits per heavy atom. The fraction of sp³-hybridized carbons (Fsp3) is 0.462. The van der Waals surface area contributed by atoms with Crippen molar-refractivity contribution in [3.63, 3.8) is 0 Å². The third-order valence-corrected chi connectivity index (χ3v) is 10.5. The van der Waals surface area contributed by atoms with E-state index in [-0.39, 0.29) is 28.9 Å². The molecule has 2 aromatic heterocycles. The van der Waals surface area contributed by atoms with Gasteiger partial charge in [0.15, 0.2) is 5.65 Å². The summed E-state index contributed by atoms with van der Waals surface area (Å²) >= 11 is 0. The Morgan fingerprint density at radius 2 is 1.87 bits per heavy atom. The van der Waals surface area contributed by atoms with Crippen molar-refractivity contribution < 1.29 is 18.7 Å². The van der Waals surface area contributed by atoms with Crippen LogP contribution in [0.2, 0.25) is 0 Å². The van der Waals surface area contributed by atoms with Gasteiger partial charge < -0.3 is 20.1 Å². The smallest absolute Gasteiger partial charge is 0.264 e. The SMILES string of the molecule is CC(C)CC(C)(/C=C(\C#N)C(=O)N1CCC[C@@H](n2nc(-c3ccc(Oc4ccccc4)cc3F)c3c(N)ncnc32)C1)N1CCN(C2COC2)CC1. The number of halogens is 1. The average Bonchev–Trinajstić information content (AvgIpc) is 3.51. The number of nitriles is 1. The molecule has 0 aliphatic carbocycles. The van der Waals surface area contributed by atoms with Crippen molar-refractivity contribution >= 4 is 22.8 Å². The number of aromatic nitrogens is 4. The first-order chi connectivity index (χ1) is 25.1. The fourth-order valence-corrected chi connectivity index (χ4v) is 7.91. The number of piperazine rings is 1. The van der Waals surface area contributed by atoms with Crippen molar-refractivity contribution in [2.45, 2.75) is 57.7 Å². The summed E-state index contributed by atoms with van der Waals surface area (Å²) in [5.74, 6) is 0.658. The van der Waals surface area contributed by atoms with Crippen LogP contribution in [0.4, 0.5) is 10.2 Å². The Labute approximate surface area is 303 Å². The third-order valence-electron chi connectivity index (χ3n) is 10.5. The van der Waals surface area contributed by atoms with Crippen LogP contribution in [-0.4, -0.2) is 104 Å². The third kappa shape index (κ3) is 7.24. The maximum absolute atomic E-state index is 15.8. The average molecular weight is 708 g/mol. The molecule has 52 heavy (non-hydrogen) atoms. The Bertz CT molecular complexity index is 1980. The number of nitrogens with two attached hydrogens (primary N) is 1. The minimum atomic E-state index is -0.532. The number of fused-ring (bicyclic) bond motifs is 1. The lowest BCUT2D eigenvalue weighted by atomic mass is 9.86. The molecule has 1 unspecified atom stereocenters. The Balaban J connectivity index is 1.13. The van der Waals surface area contributed by atoms with Crippen molar-refractivity contribution in [1.82, 2.24) is 34.4 Å². The second kappa shape index (κ2) is 15.0. The Morgan fingerprint density at radius 3 is 2.54 bits per heavy atom. The van der Waals surface area contributed by atoms with E-state index in [1.54, 1.807) is 33.8 Å². The molecule has 4 aromatic rings. The van der Waals surface area contributed by atoms with E-state index in [9.17, 15) is 10.1 Å². The van der Waals surface area contributed by atoms with Crippen LogP contribution in [0.1, 0.15) is 46.1 Å². The first kappa shape index (κ1) is 35.5. The fourth-order valence-electron chi connectivity index (χ4n) is 7.91. The minimum absolute atomic E-state index is 0.149. The number of para-hydroxylation sites is 1. The maximum atomic E-state index is 15.8. The second-order valence-electron chi connectivity index (χ2n) is 14.7. The molecular formula is C39H46FN9O3. The van der Waals surface area contributed by atoms with Crippen molar-refractivity contribution in [3.8, 4) is 28.8 Å². The topological polar surface area (TPSA) is 139 Å². The number of hydrogen-bond donors (Lipinski definition) is 1. The molecule has 12 nitrogen and oxygen atoms in total. The highest BCUT2D eigenvalue weighted by molar-refractivity contribution is 5.99. The largest absolute Gasteiger partial charge is 0.457 e. The molecule has 0 radical (unpaired) electrons. The van der Waals surface area contributed by atoms with E-state index < -0.39 is 11.4 Å². The molecular weight excluding hydrogens is 661 g/mol. The lowest BCUT2D eigenvalue weighted by molar-refractivity contribution is -0.128. The van der Waals surface area contributed by atoms with Gasteiger partial charge in [0.2, 0.25) is 0 Å². The molecule has 0 spiro atoms. The predicted molar refractivity (Wildman–Crippen MR) is 196 cm³/mol. The number of piperidine rings is 1. The first-order valence-electron chi connectivity index (χ1n) is 18.1. The zero-order valence-corrected chi connectivity index (χ0v) is 30.0. The lowest BCUT2D eigenvalue weighted by Crippen LogP contribution is -2.60. The van der Waals surface area contributed by atoms with Crippen LogP contribution in [-0.2, 0) is 9.53 Å². The summed E-state index contributed by atoms with van der Waals surface area (Å²) in [5.41, 5.74) is 7.06. The predicted octanol–water partition coefficient (Wildman–Crippen LogP) is 5.44. The molecule has 7 rings (SSSR count). The molecule has 272 valence electrons. The van der Waals surface area contributed by atoms with Gasteiger partial charge in [-0.15, -0.1) is 0 Å². The quantitative estimate of drug-likeness (QED) is 0.168. The molecule has 1 amide bonds. The Kier molecular flexibility index (Phi) is 10.2. The molecule has 3 fully saturated rings. The zero-order chi connectivity index (χ0) is 36.4. The summed E-state index contributed by atoms with van der Waals surface area (Å²) in [4.78, 5) is 29.5. The summed E-state index contributed by atoms with van der Waals surface area (Å²) in [6.07, 6.45) is 5.50. The number of nitrogens with zero attached hydrogens (tertiary/aromatic N) is 8. The van der Waals surface area contributed by atoms with Crippen LogP contribution < -0.4 is 10.5 Å². The van der Waals surface area contributed by atoms with Crippen molar-refractivity contribution in [2.75, 3.05) is 58.2 Å². The van der Waals surface area contributed by atoms with Crippen molar-refractivity contribution in [3.05, 3.63) is 72.3 Å². The van der Waals surface area contributed by atoms with Gasteiger partial charge in [0.25, 0.3) is 5.91 Å². The van der Waals surface area contributed by atoms with Crippen LogP contribution in [0, 0.1) is 23.1 Å². The number of anilines is 1. The summed E-state index contributed by atoms with van der Waals surface area (Å²) in [6.45, 7) is 12.5. The zero-order valence-electron chi connectivity index (χ0n) is 30.0. The van der Waals surface area contributed by atoms with E-state index in [0.29, 0.717) is 66.1 Å². The molecule has 2 aromatic carbocycles. The van der Waals surface area contributed by atoms with E-state index in [0.717, 1.165) is 45.8 Å². The normalized spacial score (nSPS) is 20.4. The van der Waals surface area contributed by atoms with Gasteiger partial charge in [-0.2, -0.15) is 10.4 Å². The highest BCUT2D eigenvalue weighted by atomic mass is 19.1. The molecule has 0 bridgehead atoms. The number of carbonyl (C=O) groups excluding carboxylic acids is 1. The number of hydrogen-bond acceptors (Lipinski definition) is 10. The lowest BCUT2D eigenvalue weighted by Gasteiger charge is -2.48. The highest BCUT2D eigenvalue weighted by Gasteiger charge is 2.38. The minimum Gasteiger partial charge on any atom is -0.457 e. The molecule has 3 saturated heterocycles.